The van der Waals surface area contributed by atoms with Crippen molar-refractivity contribution >= 4 is 23.4 Å². The Morgan fingerprint density at radius 3 is 2.62 bits per heavy atom. The lowest BCUT2D eigenvalue weighted by molar-refractivity contribution is 0.102. The number of amides is 1. The molecule has 1 fully saturated rings. The van der Waals surface area contributed by atoms with Gasteiger partial charge in [0.2, 0.25) is 5.95 Å². The second-order valence-corrected chi connectivity index (χ2v) is 6.20. The molecule has 0 spiro atoms. The minimum Gasteiger partial charge on any atom is -0.399 e. The Kier molecular flexibility index (Phi) is 4.18. The fourth-order valence-corrected chi connectivity index (χ4v) is 2.47. The SMILES string of the molecule is Nc1ccc(C(=O)Nc2cc(-c3cccnc3)nc(NC3CC3)n2)cc1. The minimum atomic E-state index is -0.252. The zero-order valence-corrected chi connectivity index (χ0v) is 14.0. The molecule has 4 N–H and O–H groups in total. The Labute approximate surface area is 150 Å². The molecule has 26 heavy (non-hydrogen) atoms. The van der Waals surface area contributed by atoms with E-state index in [1.54, 1.807) is 42.7 Å². The lowest BCUT2D eigenvalue weighted by Crippen LogP contribution is -2.15. The van der Waals surface area contributed by atoms with Crippen LogP contribution in [0.5, 0.6) is 0 Å². The predicted molar refractivity (Wildman–Crippen MR) is 101 cm³/mol. The van der Waals surface area contributed by atoms with Crippen LogP contribution in [0.2, 0.25) is 0 Å². The number of aromatic nitrogens is 3. The molecule has 1 aliphatic rings. The largest absolute Gasteiger partial charge is 0.399 e. The molecule has 0 radical (unpaired) electrons. The quantitative estimate of drug-likeness (QED) is 0.613. The van der Waals surface area contributed by atoms with E-state index in [-0.39, 0.29) is 5.91 Å². The summed E-state index contributed by atoms with van der Waals surface area (Å²) < 4.78 is 0. The third kappa shape index (κ3) is 3.77. The van der Waals surface area contributed by atoms with Crippen LogP contribution < -0.4 is 16.4 Å². The monoisotopic (exact) mass is 346 g/mol. The maximum Gasteiger partial charge on any atom is 0.256 e. The van der Waals surface area contributed by atoms with E-state index in [1.165, 1.54) is 0 Å². The third-order valence-electron chi connectivity index (χ3n) is 4.01. The lowest BCUT2D eigenvalue weighted by Gasteiger charge is -2.10. The highest BCUT2D eigenvalue weighted by Gasteiger charge is 2.22. The number of nitrogens with one attached hydrogen (secondary N) is 2. The average Bonchev–Trinajstić information content (AvgIpc) is 3.47. The van der Waals surface area contributed by atoms with Gasteiger partial charge in [-0.25, -0.2) is 4.98 Å². The van der Waals surface area contributed by atoms with Gasteiger partial charge in [0.1, 0.15) is 5.82 Å². The maximum absolute atomic E-state index is 12.5. The van der Waals surface area contributed by atoms with E-state index in [4.69, 9.17) is 5.73 Å². The van der Waals surface area contributed by atoms with Crippen LogP contribution in [0.1, 0.15) is 23.2 Å². The first-order chi connectivity index (χ1) is 12.7. The normalized spacial score (nSPS) is 13.2. The number of carbonyl (C=O) groups excluding carboxylic acids is 1. The second-order valence-electron chi connectivity index (χ2n) is 6.20. The van der Waals surface area contributed by atoms with E-state index in [0.717, 1.165) is 18.4 Å². The lowest BCUT2D eigenvalue weighted by atomic mass is 10.2. The summed E-state index contributed by atoms with van der Waals surface area (Å²) in [4.78, 5) is 25.6. The number of pyridine rings is 1. The van der Waals surface area contributed by atoms with E-state index in [9.17, 15) is 4.79 Å². The van der Waals surface area contributed by atoms with Crippen molar-refractivity contribution < 1.29 is 4.79 Å². The highest BCUT2D eigenvalue weighted by Crippen LogP contribution is 2.26. The summed E-state index contributed by atoms with van der Waals surface area (Å²) >= 11 is 0. The molecule has 0 saturated heterocycles. The van der Waals surface area contributed by atoms with Crippen LogP contribution in [-0.2, 0) is 0 Å². The zero-order chi connectivity index (χ0) is 17.9. The van der Waals surface area contributed by atoms with Crippen molar-refractivity contribution in [2.24, 2.45) is 0 Å². The minimum absolute atomic E-state index is 0.252. The molecule has 2 heterocycles. The number of carbonyl (C=O) groups is 1. The molecule has 0 atom stereocenters. The smallest absolute Gasteiger partial charge is 0.256 e. The number of nitrogens with two attached hydrogens (primary N) is 1. The Hall–Kier alpha value is -3.48. The highest BCUT2D eigenvalue weighted by atomic mass is 16.1. The van der Waals surface area contributed by atoms with E-state index in [0.29, 0.717) is 34.8 Å². The first-order valence-corrected chi connectivity index (χ1v) is 8.40. The van der Waals surface area contributed by atoms with Crippen molar-refractivity contribution in [3.8, 4) is 11.3 Å². The van der Waals surface area contributed by atoms with Gasteiger partial charge in [-0.2, -0.15) is 4.98 Å². The van der Waals surface area contributed by atoms with Gasteiger partial charge in [-0.3, -0.25) is 9.78 Å². The maximum atomic E-state index is 12.5. The summed E-state index contributed by atoms with van der Waals surface area (Å²) in [5.74, 6) is 0.684. The molecule has 0 unspecified atom stereocenters. The van der Waals surface area contributed by atoms with Crippen molar-refractivity contribution in [1.82, 2.24) is 15.0 Å². The van der Waals surface area contributed by atoms with Gasteiger partial charge in [0, 0.05) is 41.3 Å². The zero-order valence-electron chi connectivity index (χ0n) is 14.0. The molecule has 7 nitrogen and oxygen atoms in total. The van der Waals surface area contributed by atoms with Crippen molar-refractivity contribution in [2.75, 3.05) is 16.4 Å². The van der Waals surface area contributed by atoms with Gasteiger partial charge < -0.3 is 16.4 Å². The molecule has 1 saturated carbocycles. The van der Waals surface area contributed by atoms with Crippen molar-refractivity contribution in [3.05, 3.63) is 60.4 Å². The first kappa shape index (κ1) is 16.0. The van der Waals surface area contributed by atoms with E-state index in [2.05, 4.69) is 25.6 Å². The number of rotatable bonds is 5. The van der Waals surface area contributed by atoms with Crippen LogP contribution in [-0.4, -0.2) is 26.9 Å². The average molecular weight is 346 g/mol. The van der Waals surface area contributed by atoms with E-state index >= 15 is 0 Å². The molecular formula is C19H18N6O. The molecule has 4 rings (SSSR count). The van der Waals surface area contributed by atoms with Gasteiger partial charge in [-0.1, -0.05) is 0 Å². The summed E-state index contributed by atoms with van der Waals surface area (Å²) in [5, 5.41) is 6.11. The number of hydrogen-bond acceptors (Lipinski definition) is 6. The Morgan fingerprint density at radius 2 is 1.92 bits per heavy atom. The molecule has 0 bridgehead atoms. The summed E-state index contributed by atoms with van der Waals surface area (Å²) in [6.07, 6.45) is 5.65. The van der Waals surface area contributed by atoms with E-state index < -0.39 is 0 Å². The van der Waals surface area contributed by atoms with Crippen molar-refractivity contribution in [3.63, 3.8) is 0 Å². The summed E-state index contributed by atoms with van der Waals surface area (Å²) in [5.41, 5.74) is 8.35. The van der Waals surface area contributed by atoms with Crippen LogP contribution in [0.4, 0.5) is 17.5 Å². The molecule has 3 aromatic rings. The summed E-state index contributed by atoms with van der Waals surface area (Å²) in [7, 11) is 0. The van der Waals surface area contributed by atoms with E-state index in [1.807, 2.05) is 12.1 Å². The fourth-order valence-electron chi connectivity index (χ4n) is 2.47. The second kappa shape index (κ2) is 6.79. The third-order valence-corrected chi connectivity index (χ3v) is 4.01. The number of nitrogens with zero attached hydrogens (tertiary/aromatic N) is 3. The molecule has 0 aliphatic heterocycles. The molecule has 1 aliphatic carbocycles. The molecule has 7 heteroatoms. The highest BCUT2D eigenvalue weighted by molar-refractivity contribution is 6.04. The molecule has 2 aromatic heterocycles. The van der Waals surface area contributed by atoms with Gasteiger partial charge >= 0.3 is 0 Å². The number of anilines is 3. The first-order valence-electron chi connectivity index (χ1n) is 8.40. The Bertz CT molecular complexity index is 923. The van der Waals surface area contributed by atoms with Crippen molar-refractivity contribution in [1.29, 1.82) is 0 Å². The van der Waals surface area contributed by atoms with Gasteiger partial charge in [-0.05, 0) is 49.2 Å². The fraction of sp³-hybridized carbons (Fsp3) is 0.158. The van der Waals surface area contributed by atoms with Crippen LogP contribution >= 0.6 is 0 Å². The Balaban J connectivity index is 1.63. The molecular weight excluding hydrogens is 328 g/mol. The number of hydrogen-bond donors (Lipinski definition) is 3. The molecule has 1 aromatic carbocycles. The summed E-state index contributed by atoms with van der Waals surface area (Å²) in [6.45, 7) is 0. The number of benzene rings is 1. The Morgan fingerprint density at radius 1 is 1.12 bits per heavy atom. The van der Waals surface area contributed by atoms with Gasteiger partial charge in [0.25, 0.3) is 5.91 Å². The predicted octanol–water partition coefficient (Wildman–Crippen LogP) is 2.95. The van der Waals surface area contributed by atoms with Gasteiger partial charge in [0.15, 0.2) is 0 Å². The van der Waals surface area contributed by atoms with Crippen LogP contribution in [0, 0.1) is 0 Å². The van der Waals surface area contributed by atoms with Gasteiger partial charge in [-0.15, -0.1) is 0 Å². The van der Waals surface area contributed by atoms with Crippen LogP contribution in [0.25, 0.3) is 11.3 Å². The standard InChI is InChI=1S/C19H18N6O/c20-14-5-3-12(4-6-14)18(26)24-17-10-16(13-2-1-9-21-11-13)23-19(25-17)22-15-7-8-15/h1-6,9-11,15H,7-8,20H2,(H2,22,23,24,25,26). The van der Waals surface area contributed by atoms with Crippen LogP contribution in [0.3, 0.4) is 0 Å². The van der Waals surface area contributed by atoms with Crippen LogP contribution in [0.15, 0.2) is 54.9 Å². The van der Waals surface area contributed by atoms with Crippen molar-refractivity contribution in [2.45, 2.75) is 18.9 Å². The topological polar surface area (TPSA) is 106 Å². The van der Waals surface area contributed by atoms with Gasteiger partial charge in [0.05, 0.1) is 5.69 Å². The number of nitrogen functional groups attached to an aromatic ring is 1. The molecule has 1 amide bonds. The molecule has 130 valence electrons. The summed E-state index contributed by atoms with van der Waals surface area (Å²) in [6, 6.07) is 12.6.